The van der Waals surface area contributed by atoms with Gasteiger partial charge in [0.2, 0.25) is 5.78 Å². The Kier molecular flexibility index (Phi) is 7.94. The fourth-order valence-corrected chi connectivity index (χ4v) is 4.40. The van der Waals surface area contributed by atoms with Gasteiger partial charge in [-0.1, -0.05) is 0 Å². The number of carbonyl (C=O) groups excluding carboxylic acids is 3. The number of rotatable bonds is 10. The zero-order valence-corrected chi connectivity index (χ0v) is 20.6. The fraction of sp³-hybridized carbons (Fsp3) is 0.423. The number of hydrogen-bond acceptors (Lipinski definition) is 7. The van der Waals surface area contributed by atoms with Crippen molar-refractivity contribution in [3.8, 4) is 17.2 Å². The molecular formula is C26H32N2O6. The largest absolute Gasteiger partial charge is 0.497 e. The molecule has 182 valence electrons. The number of likely N-dealkylation sites (tertiary alicyclic amines) is 1. The van der Waals surface area contributed by atoms with Crippen molar-refractivity contribution in [2.45, 2.75) is 19.4 Å². The highest BCUT2D eigenvalue weighted by molar-refractivity contribution is 6.44. The first-order chi connectivity index (χ1) is 16.2. The van der Waals surface area contributed by atoms with Gasteiger partial charge in [0.1, 0.15) is 23.2 Å². The van der Waals surface area contributed by atoms with Crippen LogP contribution in [0.1, 0.15) is 33.9 Å². The molecule has 0 bridgehead atoms. The second-order valence-corrected chi connectivity index (χ2v) is 8.60. The molecule has 1 amide bonds. The lowest BCUT2D eigenvalue weighted by Crippen LogP contribution is -2.33. The van der Waals surface area contributed by atoms with Crippen LogP contribution >= 0.6 is 0 Å². The molecule has 1 saturated heterocycles. The van der Waals surface area contributed by atoms with E-state index < -0.39 is 29.4 Å². The lowest BCUT2D eigenvalue weighted by molar-refractivity contribution is -0.140. The second-order valence-electron chi connectivity index (χ2n) is 8.60. The van der Waals surface area contributed by atoms with Gasteiger partial charge in [-0.25, -0.2) is 0 Å². The van der Waals surface area contributed by atoms with Gasteiger partial charge in [0.25, 0.3) is 5.91 Å². The van der Waals surface area contributed by atoms with Gasteiger partial charge in [-0.15, -0.1) is 0 Å². The Morgan fingerprint density at radius 3 is 2.21 bits per heavy atom. The van der Waals surface area contributed by atoms with E-state index >= 15 is 0 Å². The van der Waals surface area contributed by atoms with Crippen molar-refractivity contribution in [3.05, 3.63) is 53.1 Å². The smallest absolute Gasteiger partial charge is 0.291 e. The highest BCUT2D eigenvalue weighted by atomic mass is 16.5. The Balaban J connectivity index is 2.10. The average molecular weight is 469 g/mol. The predicted octanol–water partition coefficient (Wildman–Crippen LogP) is 2.92. The zero-order chi connectivity index (χ0) is 25.0. The number of benzene rings is 2. The van der Waals surface area contributed by atoms with Crippen LogP contribution in [0.3, 0.4) is 0 Å². The number of Topliss-reactive ketones (excluding diaryl/α,β-unsaturated/α-hetero) is 2. The van der Waals surface area contributed by atoms with Crippen LogP contribution in [0, 0.1) is 12.8 Å². The Morgan fingerprint density at radius 2 is 1.62 bits per heavy atom. The van der Waals surface area contributed by atoms with Crippen molar-refractivity contribution >= 4 is 17.5 Å². The molecule has 0 aromatic heterocycles. The lowest BCUT2D eigenvalue weighted by atomic mass is 9.84. The van der Waals surface area contributed by atoms with Crippen molar-refractivity contribution in [1.29, 1.82) is 0 Å². The topological polar surface area (TPSA) is 85.4 Å². The summed E-state index contributed by atoms with van der Waals surface area (Å²) in [6, 6.07) is 9.48. The van der Waals surface area contributed by atoms with E-state index in [1.54, 1.807) is 57.5 Å². The van der Waals surface area contributed by atoms with Gasteiger partial charge in [0, 0.05) is 23.7 Å². The van der Waals surface area contributed by atoms with Crippen LogP contribution in [-0.4, -0.2) is 75.8 Å². The highest BCUT2D eigenvalue weighted by Gasteiger charge is 2.52. The molecule has 8 heteroatoms. The number of carbonyl (C=O) groups is 3. The van der Waals surface area contributed by atoms with Gasteiger partial charge < -0.3 is 24.0 Å². The molecule has 1 fully saturated rings. The van der Waals surface area contributed by atoms with Gasteiger partial charge in [0.15, 0.2) is 5.78 Å². The standard InChI is InChI=1S/C26H32N2O6/c1-16-14-17(32-4)8-10-19(16)24(29)22-23(20-11-9-18(33-5)15-21(20)34-6)28(26(31)25(22)30)13-7-12-27(2)3/h8-11,14-15,22-23H,7,12-13H2,1-6H3. The molecule has 1 heterocycles. The number of amides is 1. The molecular weight excluding hydrogens is 436 g/mol. The first kappa shape index (κ1) is 25.2. The van der Waals surface area contributed by atoms with Crippen molar-refractivity contribution in [1.82, 2.24) is 9.80 Å². The van der Waals surface area contributed by atoms with Crippen molar-refractivity contribution in [2.75, 3.05) is 48.5 Å². The summed E-state index contributed by atoms with van der Waals surface area (Å²) in [6.07, 6.45) is 0.656. The summed E-state index contributed by atoms with van der Waals surface area (Å²) in [4.78, 5) is 43.7. The van der Waals surface area contributed by atoms with Crippen LogP contribution in [0.4, 0.5) is 0 Å². The van der Waals surface area contributed by atoms with Gasteiger partial charge in [-0.2, -0.15) is 0 Å². The van der Waals surface area contributed by atoms with Crippen LogP contribution < -0.4 is 14.2 Å². The summed E-state index contributed by atoms with van der Waals surface area (Å²) < 4.78 is 16.1. The molecule has 3 rings (SSSR count). The maximum Gasteiger partial charge on any atom is 0.291 e. The summed E-state index contributed by atoms with van der Waals surface area (Å²) in [7, 11) is 8.49. The Morgan fingerprint density at radius 1 is 0.971 bits per heavy atom. The number of methoxy groups -OCH3 is 3. The van der Waals surface area contributed by atoms with E-state index in [0.29, 0.717) is 46.9 Å². The molecule has 0 aliphatic carbocycles. The van der Waals surface area contributed by atoms with Gasteiger partial charge in [0.05, 0.1) is 27.4 Å². The maximum absolute atomic E-state index is 13.7. The minimum absolute atomic E-state index is 0.341. The van der Waals surface area contributed by atoms with Crippen LogP contribution in [0.5, 0.6) is 17.2 Å². The predicted molar refractivity (Wildman–Crippen MR) is 128 cm³/mol. The first-order valence-corrected chi connectivity index (χ1v) is 11.1. The third-order valence-corrected chi connectivity index (χ3v) is 6.15. The van der Waals surface area contributed by atoms with Gasteiger partial charge in [-0.05, 0) is 69.9 Å². The molecule has 0 saturated carbocycles. The summed E-state index contributed by atoms with van der Waals surface area (Å²) in [5.74, 6) is -1.28. The Hall–Kier alpha value is -3.39. The van der Waals surface area contributed by atoms with Gasteiger partial charge >= 0.3 is 0 Å². The third-order valence-electron chi connectivity index (χ3n) is 6.15. The number of hydrogen-bond donors (Lipinski definition) is 0. The van der Waals surface area contributed by atoms with E-state index in [0.717, 1.165) is 6.54 Å². The van der Waals surface area contributed by atoms with E-state index in [-0.39, 0.29) is 0 Å². The highest BCUT2D eigenvalue weighted by Crippen LogP contribution is 2.43. The Labute approximate surface area is 200 Å². The van der Waals surface area contributed by atoms with E-state index in [1.165, 1.54) is 12.0 Å². The molecule has 2 aromatic carbocycles. The second kappa shape index (κ2) is 10.7. The number of ether oxygens (including phenoxy) is 3. The monoisotopic (exact) mass is 468 g/mol. The van der Waals surface area contributed by atoms with E-state index in [2.05, 4.69) is 0 Å². The molecule has 8 nitrogen and oxygen atoms in total. The molecule has 0 spiro atoms. The Bertz CT molecular complexity index is 1080. The lowest BCUT2D eigenvalue weighted by Gasteiger charge is -2.29. The van der Waals surface area contributed by atoms with Crippen LogP contribution in [0.25, 0.3) is 0 Å². The average Bonchev–Trinajstić information content (AvgIpc) is 3.07. The minimum atomic E-state index is -1.18. The quantitative estimate of drug-likeness (QED) is 0.301. The van der Waals surface area contributed by atoms with Crippen LogP contribution in [0.2, 0.25) is 0 Å². The molecule has 0 radical (unpaired) electrons. The molecule has 2 aromatic rings. The van der Waals surface area contributed by atoms with Crippen LogP contribution in [-0.2, 0) is 9.59 Å². The molecule has 2 atom stereocenters. The zero-order valence-electron chi connectivity index (χ0n) is 20.6. The maximum atomic E-state index is 13.7. The summed E-state index contributed by atoms with van der Waals surface area (Å²) in [5.41, 5.74) is 1.66. The molecule has 0 N–H and O–H groups in total. The molecule has 1 aliphatic heterocycles. The summed E-state index contributed by atoms with van der Waals surface area (Å²) in [5, 5.41) is 0. The normalized spacial score (nSPS) is 17.9. The summed E-state index contributed by atoms with van der Waals surface area (Å²) >= 11 is 0. The van der Waals surface area contributed by atoms with Crippen molar-refractivity contribution < 1.29 is 28.6 Å². The number of nitrogens with zero attached hydrogens (tertiary/aromatic N) is 2. The van der Waals surface area contributed by atoms with Crippen molar-refractivity contribution in [3.63, 3.8) is 0 Å². The van der Waals surface area contributed by atoms with Gasteiger partial charge in [-0.3, -0.25) is 14.4 Å². The number of ketones is 2. The van der Waals surface area contributed by atoms with Crippen molar-refractivity contribution in [2.24, 2.45) is 5.92 Å². The van der Waals surface area contributed by atoms with E-state index in [4.69, 9.17) is 14.2 Å². The molecule has 1 aliphatic rings. The van der Waals surface area contributed by atoms with E-state index in [9.17, 15) is 14.4 Å². The molecule has 2 unspecified atom stereocenters. The summed E-state index contributed by atoms with van der Waals surface area (Å²) in [6.45, 7) is 2.86. The van der Waals surface area contributed by atoms with E-state index in [1.807, 2.05) is 19.0 Å². The minimum Gasteiger partial charge on any atom is -0.497 e. The van der Waals surface area contributed by atoms with Crippen LogP contribution in [0.15, 0.2) is 36.4 Å². The fourth-order valence-electron chi connectivity index (χ4n) is 4.40. The first-order valence-electron chi connectivity index (χ1n) is 11.1. The molecule has 34 heavy (non-hydrogen) atoms. The SMILES string of the molecule is COc1ccc(C(=O)C2C(=O)C(=O)N(CCCN(C)C)C2c2ccc(OC)cc2OC)c(C)c1. The number of aryl methyl sites for hydroxylation is 1. The third kappa shape index (κ3) is 4.92.